The molecule has 0 amide bonds. The highest BCUT2D eigenvalue weighted by molar-refractivity contribution is 6.77. The number of carbonyl (C=O) groups excluding carboxylic acids is 1. The summed E-state index contributed by atoms with van der Waals surface area (Å²) in [4.78, 5) is 12.7. The highest BCUT2D eigenvalue weighted by Crippen LogP contribution is 2.55. The predicted octanol–water partition coefficient (Wildman–Crippen LogP) is 9.21. The molecular formula is C38H70O6Si2. The van der Waals surface area contributed by atoms with Crippen LogP contribution in [0.5, 0.6) is 0 Å². The van der Waals surface area contributed by atoms with Crippen LogP contribution in [0.25, 0.3) is 0 Å². The standard InChI is InChI=1S/C38H70O6Si2/c1-24(2)46(25(3)4,26(5)6)44-36-29(9)35(40)34-32(22-30(23-39)37(41)42-13)31(28(8)21-33(34)36)19-18-27(7)17-16-20-43-45(14,15)38(10,11)12/h18,21-22,24-26,29,31-36,39-40H,16-17,19-20,23H2,1-15H3/b27-18+,30-22+/t29-,31+,32+,33-,34-,35+,36+/m1/s1. The van der Waals surface area contributed by atoms with Crippen LogP contribution in [0.15, 0.2) is 34.9 Å². The first-order chi connectivity index (χ1) is 21.2. The second-order valence-corrected chi connectivity index (χ2v) is 27.1. The largest absolute Gasteiger partial charge is 0.466 e. The van der Waals surface area contributed by atoms with E-state index in [0.717, 1.165) is 25.9 Å². The Morgan fingerprint density at radius 1 is 1.07 bits per heavy atom. The van der Waals surface area contributed by atoms with Gasteiger partial charge in [-0.15, -0.1) is 0 Å². The Morgan fingerprint density at radius 3 is 2.11 bits per heavy atom. The first kappa shape index (κ1) is 41.1. The maximum Gasteiger partial charge on any atom is 0.335 e. The monoisotopic (exact) mass is 678 g/mol. The SMILES string of the molecule is COC(=O)/C(=C/[C@@H]1[C@H]2[C@@H](O)[C@@H](C)[C@H](O[Si](C(C)C)(C(C)C)C(C)C)[C@@H]2C=C(C)[C@@H]1C/C=C(\C)CCCO[Si](C)(C)C(C)(C)C)CO. The Hall–Kier alpha value is -1.04. The van der Waals surface area contributed by atoms with Gasteiger partial charge in [-0.05, 0) is 79.7 Å². The minimum atomic E-state index is -2.22. The summed E-state index contributed by atoms with van der Waals surface area (Å²) in [5.41, 5.74) is 4.16. The number of carbonyl (C=O) groups is 1. The molecule has 0 bridgehead atoms. The van der Waals surface area contributed by atoms with Gasteiger partial charge in [0.2, 0.25) is 8.32 Å². The van der Waals surface area contributed by atoms with E-state index in [9.17, 15) is 15.0 Å². The van der Waals surface area contributed by atoms with Gasteiger partial charge in [0, 0.05) is 24.4 Å². The Labute approximate surface area is 284 Å². The minimum Gasteiger partial charge on any atom is -0.466 e. The van der Waals surface area contributed by atoms with Crippen LogP contribution in [0.2, 0.25) is 34.8 Å². The highest BCUT2D eigenvalue weighted by Gasteiger charge is 2.57. The fraction of sp³-hybridized carbons (Fsp3) is 0.816. The third kappa shape index (κ3) is 8.95. The quantitative estimate of drug-likeness (QED) is 0.0591. The van der Waals surface area contributed by atoms with Crippen molar-refractivity contribution in [1.82, 2.24) is 0 Å². The van der Waals surface area contributed by atoms with E-state index < -0.39 is 35.3 Å². The van der Waals surface area contributed by atoms with E-state index in [1.54, 1.807) is 0 Å². The molecule has 0 spiro atoms. The molecule has 0 aromatic carbocycles. The van der Waals surface area contributed by atoms with Gasteiger partial charge in [-0.2, -0.15) is 0 Å². The zero-order valence-corrected chi connectivity index (χ0v) is 34.1. The minimum absolute atomic E-state index is 0.0285. The molecule has 8 heteroatoms. The summed E-state index contributed by atoms with van der Waals surface area (Å²) in [5, 5.41) is 22.4. The normalized spacial score (nSPS) is 28.3. The van der Waals surface area contributed by atoms with Crippen molar-refractivity contribution in [2.75, 3.05) is 20.3 Å². The summed E-state index contributed by atoms with van der Waals surface area (Å²) < 4.78 is 18.9. The van der Waals surface area contributed by atoms with Crippen LogP contribution in [-0.2, 0) is 18.4 Å². The molecule has 0 heterocycles. The van der Waals surface area contributed by atoms with Crippen LogP contribution in [0.4, 0.5) is 0 Å². The van der Waals surface area contributed by atoms with Gasteiger partial charge >= 0.3 is 5.97 Å². The lowest BCUT2D eigenvalue weighted by Gasteiger charge is -2.47. The van der Waals surface area contributed by atoms with E-state index >= 15 is 0 Å². The number of allylic oxidation sites excluding steroid dienone is 4. The van der Waals surface area contributed by atoms with Crippen molar-refractivity contribution in [3.8, 4) is 0 Å². The molecule has 1 fully saturated rings. The van der Waals surface area contributed by atoms with Crippen molar-refractivity contribution in [2.24, 2.45) is 29.6 Å². The zero-order chi connectivity index (χ0) is 35.4. The number of aliphatic hydroxyl groups excluding tert-OH is 2. The summed E-state index contributed by atoms with van der Waals surface area (Å²) in [6.45, 7) is 32.2. The van der Waals surface area contributed by atoms with Crippen LogP contribution in [0.1, 0.15) is 102 Å². The van der Waals surface area contributed by atoms with Crippen molar-refractivity contribution >= 4 is 22.6 Å². The van der Waals surface area contributed by atoms with Crippen LogP contribution in [-0.4, -0.2) is 65.3 Å². The Kier molecular flexibility index (Phi) is 14.8. The van der Waals surface area contributed by atoms with Gasteiger partial charge in [-0.1, -0.05) is 98.6 Å². The molecule has 0 radical (unpaired) electrons. The van der Waals surface area contributed by atoms with Crippen LogP contribution >= 0.6 is 0 Å². The second kappa shape index (κ2) is 16.6. The number of ether oxygens (including phenoxy) is 1. The van der Waals surface area contributed by atoms with Gasteiger partial charge in [0.15, 0.2) is 8.32 Å². The van der Waals surface area contributed by atoms with E-state index in [1.807, 2.05) is 6.08 Å². The molecule has 0 saturated heterocycles. The Bertz CT molecular complexity index is 1080. The number of hydrogen-bond acceptors (Lipinski definition) is 6. The van der Waals surface area contributed by atoms with Crippen molar-refractivity contribution < 1.29 is 28.6 Å². The number of esters is 1. The summed E-state index contributed by atoms with van der Waals surface area (Å²) in [5.74, 6) is -0.704. The van der Waals surface area contributed by atoms with E-state index in [1.165, 1.54) is 18.3 Å². The second-order valence-electron chi connectivity index (χ2n) is 16.8. The lowest BCUT2D eigenvalue weighted by molar-refractivity contribution is -0.136. The summed E-state index contributed by atoms with van der Waals surface area (Å²) in [6.07, 6.45) is 8.71. The smallest absolute Gasteiger partial charge is 0.335 e. The average Bonchev–Trinajstić information content (AvgIpc) is 3.18. The summed E-state index contributed by atoms with van der Waals surface area (Å²) >= 11 is 0. The molecule has 2 aliphatic carbocycles. The van der Waals surface area contributed by atoms with Crippen molar-refractivity contribution in [1.29, 1.82) is 0 Å². The fourth-order valence-corrected chi connectivity index (χ4v) is 15.1. The van der Waals surface area contributed by atoms with E-state index in [4.69, 9.17) is 13.6 Å². The van der Waals surface area contributed by atoms with Crippen molar-refractivity contribution in [3.63, 3.8) is 0 Å². The summed E-state index contributed by atoms with van der Waals surface area (Å²) in [6, 6.07) is 0. The van der Waals surface area contributed by atoms with Gasteiger partial charge in [-0.3, -0.25) is 0 Å². The van der Waals surface area contributed by atoms with E-state index in [-0.39, 0.29) is 46.3 Å². The topological polar surface area (TPSA) is 85.2 Å². The number of fused-ring (bicyclic) bond motifs is 1. The van der Waals surface area contributed by atoms with Gasteiger partial charge < -0.3 is 23.8 Å². The maximum absolute atomic E-state index is 12.7. The molecule has 1 saturated carbocycles. The van der Waals surface area contributed by atoms with Gasteiger partial charge in [-0.25, -0.2) is 4.79 Å². The fourth-order valence-electron chi connectivity index (χ4n) is 8.31. The molecule has 266 valence electrons. The molecular weight excluding hydrogens is 609 g/mol. The molecule has 2 aliphatic rings. The van der Waals surface area contributed by atoms with Gasteiger partial charge in [0.25, 0.3) is 0 Å². The maximum atomic E-state index is 12.7. The average molecular weight is 679 g/mol. The zero-order valence-electron chi connectivity index (χ0n) is 32.1. The Morgan fingerprint density at radius 2 is 1.63 bits per heavy atom. The number of methoxy groups -OCH3 is 1. The molecule has 2 N–H and O–H groups in total. The molecule has 7 atom stereocenters. The van der Waals surface area contributed by atoms with Crippen LogP contribution in [0, 0.1) is 29.6 Å². The molecule has 6 nitrogen and oxygen atoms in total. The number of aliphatic hydroxyl groups is 2. The van der Waals surface area contributed by atoms with E-state index in [2.05, 4.69) is 108 Å². The van der Waals surface area contributed by atoms with Crippen molar-refractivity contribution in [2.45, 2.75) is 149 Å². The molecule has 0 unspecified atom stereocenters. The molecule has 46 heavy (non-hydrogen) atoms. The molecule has 0 aromatic heterocycles. The van der Waals surface area contributed by atoms with Gasteiger partial charge in [0.1, 0.15) is 0 Å². The van der Waals surface area contributed by atoms with Crippen LogP contribution < -0.4 is 0 Å². The third-order valence-corrected chi connectivity index (χ3v) is 22.6. The van der Waals surface area contributed by atoms with Gasteiger partial charge in [0.05, 0.1) is 31.5 Å². The number of rotatable bonds is 15. The molecule has 0 aliphatic heterocycles. The van der Waals surface area contributed by atoms with Crippen LogP contribution in [0.3, 0.4) is 0 Å². The first-order valence-electron chi connectivity index (χ1n) is 17.9. The number of hydrogen-bond donors (Lipinski definition) is 2. The lowest BCUT2D eigenvalue weighted by atomic mass is 9.66. The third-order valence-electron chi connectivity index (χ3n) is 12.0. The predicted molar refractivity (Wildman–Crippen MR) is 197 cm³/mol. The van der Waals surface area contributed by atoms with Crippen molar-refractivity contribution in [3.05, 3.63) is 34.9 Å². The molecule has 2 rings (SSSR count). The lowest BCUT2D eigenvalue weighted by Crippen LogP contribution is -2.52. The summed E-state index contributed by atoms with van der Waals surface area (Å²) in [7, 11) is -2.63. The molecule has 0 aromatic rings. The highest BCUT2D eigenvalue weighted by atomic mass is 28.4. The first-order valence-corrected chi connectivity index (χ1v) is 23.0. The Balaban J connectivity index is 2.46. The van der Waals surface area contributed by atoms with E-state index in [0.29, 0.717) is 16.6 Å².